The minimum atomic E-state index is -0.151. The van der Waals surface area contributed by atoms with Gasteiger partial charge in [0.25, 0.3) is 0 Å². The standard InChI is InChI=1S/C47H41BN2S/c1-45(2)23-24-46(3,4)35-27-38-30(25-34(35)45)31-26-40-41(29-17-10-13-22-39(29)51-40)44-42(31)48(50(38)28-15-8-7-9-16-28)36-20-14-19-33-43(36)49(44)37-21-12-11-18-32(37)47(33,5)6/h7-22,25-27H,23-24H2,1-6H3. The molecule has 51 heavy (non-hydrogen) atoms. The third-order valence-corrected chi connectivity index (χ3v) is 14.2. The van der Waals surface area contributed by atoms with Crippen molar-refractivity contribution in [1.29, 1.82) is 0 Å². The molecule has 4 heterocycles. The van der Waals surface area contributed by atoms with Gasteiger partial charge >= 0.3 is 6.85 Å². The molecule has 0 atom stereocenters. The molecule has 7 aromatic rings. The molecule has 1 aliphatic carbocycles. The van der Waals surface area contributed by atoms with Crippen LogP contribution in [0.15, 0.2) is 115 Å². The summed E-state index contributed by atoms with van der Waals surface area (Å²) in [5.41, 5.74) is 18.0. The van der Waals surface area contributed by atoms with E-state index in [1.807, 2.05) is 11.3 Å². The van der Waals surface area contributed by atoms with Gasteiger partial charge in [-0.15, -0.1) is 11.3 Å². The zero-order chi connectivity index (χ0) is 34.6. The quantitative estimate of drug-likeness (QED) is 0.160. The van der Waals surface area contributed by atoms with Crippen LogP contribution in [0.2, 0.25) is 0 Å². The van der Waals surface area contributed by atoms with Gasteiger partial charge in [-0.3, -0.25) is 0 Å². The molecule has 3 aliphatic heterocycles. The lowest BCUT2D eigenvalue weighted by atomic mass is 9.42. The maximum atomic E-state index is 2.71. The molecule has 0 amide bonds. The van der Waals surface area contributed by atoms with E-state index in [0.29, 0.717) is 0 Å². The Morgan fingerprint density at radius 2 is 1.25 bits per heavy atom. The van der Waals surface area contributed by atoms with Crippen LogP contribution in [0.5, 0.6) is 0 Å². The Balaban J connectivity index is 1.37. The molecule has 248 valence electrons. The number of nitrogens with zero attached hydrogens (tertiary/aromatic N) is 2. The number of para-hydroxylation sites is 3. The fraction of sp³-hybridized carbons (Fsp3) is 0.234. The molecule has 4 aliphatic rings. The average molecular weight is 677 g/mol. The monoisotopic (exact) mass is 676 g/mol. The molecule has 11 rings (SSSR count). The summed E-state index contributed by atoms with van der Waals surface area (Å²) < 4.78 is 2.71. The topological polar surface area (TPSA) is 6.48 Å². The van der Waals surface area contributed by atoms with Crippen molar-refractivity contribution in [2.45, 2.75) is 70.6 Å². The lowest BCUT2D eigenvalue weighted by Gasteiger charge is -2.51. The van der Waals surface area contributed by atoms with E-state index in [1.165, 1.54) is 106 Å². The van der Waals surface area contributed by atoms with Crippen LogP contribution in [0, 0.1) is 0 Å². The fourth-order valence-electron chi connectivity index (χ4n) is 10.3. The maximum absolute atomic E-state index is 2.71. The Bertz CT molecular complexity index is 2650. The Morgan fingerprint density at radius 3 is 2.06 bits per heavy atom. The van der Waals surface area contributed by atoms with Gasteiger partial charge in [0, 0.05) is 48.2 Å². The minimum absolute atomic E-state index is 0.0120. The smallest absolute Gasteiger partial charge is 0.333 e. The second-order valence-corrected chi connectivity index (χ2v) is 18.3. The summed E-state index contributed by atoms with van der Waals surface area (Å²) in [4.78, 5) is 5.39. The van der Waals surface area contributed by atoms with E-state index in [2.05, 4.69) is 167 Å². The first-order valence-corrected chi connectivity index (χ1v) is 19.4. The van der Waals surface area contributed by atoms with E-state index in [0.717, 1.165) is 0 Å². The molecule has 1 aromatic heterocycles. The summed E-state index contributed by atoms with van der Waals surface area (Å²) in [6.45, 7) is 14.7. The van der Waals surface area contributed by atoms with Crippen molar-refractivity contribution >= 4 is 77.7 Å². The van der Waals surface area contributed by atoms with Crippen molar-refractivity contribution in [3.05, 3.63) is 138 Å². The van der Waals surface area contributed by atoms with Gasteiger partial charge in [0.1, 0.15) is 0 Å². The van der Waals surface area contributed by atoms with Crippen molar-refractivity contribution in [2.24, 2.45) is 0 Å². The van der Waals surface area contributed by atoms with Crippen molar-refractivity contribution in [3.8, 4) is 11.1 Å². The molecule has 0 N–H and O–H groups in total. The first kappa shape index (κ1) is 29.9. The predicted molar refractivity (Wildman–Crippen MR) is 220 cm³/mol. The van der Waals surface area contributed by atoms with Gasteiger partial charge in [-0.25, -0.2) is 0 Å². The van der Waals surface area contributed by atoms with Crippen molar-refractivity contribution in [3.63, 3.8) is 0 Å². The lowest BCUT2D eigenvalue weighted by molar-refractivity contribution is 0.332. The maximum Gasteiger partial charge on any atom is 0.333 e. The van der Waals surface area contributed by atoms with Crippen LogP contribution in [-0.4, -0.2) is 6.85 Å². The second-order valence-electron chi connectivity index (χ2n) is 17.2. The third kappa shape index (κ3) is 3.74. The number of hydrogen-bond acceptors (Lipinski definition) is 3. The Morgan fingerprint density at radius 1 is 0.569 bits per heavy atom. The van der Waals surface area contributed by atoms with Crippen LogP contribution in [0.25, 0.3) is 31.3 Å². The van der Waals surface area contributed by atoms with Crippen molar-refractivity contribution < 1.29 is 0 Å². The summed E-state index contributed by atoms with van der Waals surface area (Å²) in [7, 11) is 0. The summed E-state index contributed by atoms with van der Waals surface area (Å²) in [6, 6.07) is 44.4. The summed E-state index contributed by atoms with van der Waals surface area (Å²) in [5, 5.41) is 2.73. The number of rotatable bonds is 1. The van der Waals surface area contributed by atoms with Crippen molar-refractivity contribution in [1.82, 2.24) is 0 Å². The van der Waals surface area contributed by atoms with Gasteiger partial charge < -0.3 is 9.71 Å². The molecule has 4 heteroatoms. The van der Waals surface area contributed by atoms with Crippen LogP contribution < -0.4 is 20.6 Å². The molecule has 0 spiro atoms. The number of thiophene rings is 1. The summed E-state index contributed by atoms with van der Waals surface area (Å²) in [6.07, 6.45) is 2.39. The van der Waals surface area contributed by atoms with Crippen LogP contribution in [0.1, 0.15) is 76.6 Å². The highest BCUT2D eigenvalue weighted by Gasteiger charge is 2.51. The van der Waals surface area contributed by atoms with Gasteiger partial charge in [0.2, 0.25) is 0 Å². The highest BCUT2D eigenvalue weighted by atomic mass is 32.1. The van der Waals surface area contributed by atoms with Gasteiger partial charge in [-0.1, -0.05) is 114 Å². The van der Waals surface area contributed by atoms with Crippen LogP contribution in [0.4, 0.5) is 28.4 Å². The molecule has 0 unspecified atom stereocenters. The summed E-state index contributed by atoms with van der Waals surface area (Å²) in [5.74, 6) is 0. The molecule has 0 saturated heterocycles. The Labute approximate surface area is 305 Å². The Kier molecular flexibility index (Phi) is 5.71. The van der Waals surface area contributed by atoms with Gasteiger partial charge in [0.15, 0.2) is 0 Å². The van der Waals surface area contributed by atoms with E-state index < -0.39 is 0 Å². The van der Waals surface area contributed by atoms with E-state index in [-0.39, 0.29) is 23.1 Å². The first-order valence-electron chi connectivity index (χ1n) is 18.6. The number of hydrogen-bond donors (Lipinski definition) is 0. The van der Waals surface area contributed by atoms with E-state index in [4.69, 9.17) is 0 Å². The molecular weight excluding hydrogens is 635 g/mol. The number of anilines is 5. The molecule has 0 bridgehead atoms. The first-order chi connectivity index (χ1) is 24.6. The molecule has 6 aromatic carbocycles. The highest BCUT2D eigenvalue weighted by molar-refractivity contribution is 7.26. The van der Waals surface area contributed by atoms with Gasteiger partial charge in [0.05, 0.1) is 11.4 Å². The van der Waals surface area contributed by atoms with Gasteiger partial charge in [-0.2, -0.15) is 0 Å². The number of fused-ring (bicyclic) bond motifs is 11. The Hall–Kier alpha value is -4.80. The fourth-order valence-corrected chi connectivity index (χ4v) is 11.5. The second kappa shape index (κ2) is 9.75. The van der Waals surface area contributed by atoms with Crippen LogP contribution in [0.3, 0.4) is 0 Å². The summed E-state index contributed by atoms with van der Waals surface area (Å²) >= 11 is 1.95. The van der Waals surface area contributed by atoms with Crippen LogP contribution in [-0.2, 0) is 16.2 Å². The van der Waals surface area contributed by atoms with E-state index in [9.17, 15) is 0 Å². The number of benzene rings is 6. The SMILES string of the molecule is CC1(C)CCC(C)(C)c2cc3c(cc21)-c1cc2sc4ccccc4c2c2c1B(c1cccc4c1N2c1ccccc1C4(C)C)N3c1ccccc1. The zero-order valence-corrected chi connectivity index (χ0v) is 31.1. The van der Waals surface area contributed by atoms with Gasteiger partial charge in [-0.05, 0) is 105 Å². The predicted octanol–water partition coefficient (Wildman–Crippen LogP) is 11.8. The molecular formula is C47H41BN2S. The highest BCUT2D eigenvalue weighted by Crippen LogP contribution is 2.58. The third-order valence-electron chi connectivity index (χ3n) is 13.1. The van der Waals surface area contributed by atoms with Crippen molar-refractivity contribution in [2.75, 3.05) is 9.71 Å². The van der Waals surface area contributed by atoms with E-state index in [1.54, 1.807) is 0 Å². The zero-order valence-electron chi connectivity index (χ0n) is 30.3. The molecule has 0 saturated carbocycles. The molecule has 0 radical (unpaired) electrons. The van der Waals surface area contributed by atoms with E-state index >= 15 is 0 Å². The molecule has 0 fully saturated rings. The lowest BCUT2D eigenvalue weighted by Crippen LogP contribution is -2.62. The normalized spacial score (nSPS) is 18.2. The minimum Gasteiger partial charge on any atom is -0.376 e. The van der Waals surface area contributed by atoms with Crippen LogP contribution >= 0.6 is 11.3 Å². The largest absolute Gasteiger partial charge is 0.376 e. The average Bonchev–Trinajstić information content (AvgIpc) is 3.51. The molecule has 2 nitrogen and oxygen atoms in total.